The molecule has 0 radical (unpaired) electrons. The summed E-state index contributed by atoms with van der Waals surface area (Å²) in [5, 5.41) is 1.78. The SMILES string of the molecule is CCOC(=O)[C@@]1(Cc2ccc(F)cc2)CCCN(C(=O)c2scc3c2OCCO3)C1. The lowest BCUT2D eigenvalue weighted by Gasteiger charge is -2.41. The molecule has 1 aromatic heterocycles. The number of hydrogen-bond donors (Lipinski definition) is 0. The fourth-order valence-corrected chi connectivity index (χ4v) is 5.02. The highest BCUT2D eigenvalue weighted by Gasteiger charge is 2.45. The number of piperidine rings is 1. The van der Waals surface area contributed by atoms with Gasteiger partial charge in [-0.2, -0.15) is 0 Å². The summed E-state index contributed by atoms with van der Waals surface area (Å²) in [5.41, 5.74) is -0.0276. The molecule has 30 heavy (non-hydrogen) atoms. The number of halogens is 1. The lowest BCUT2D eigenvalue weighted by Crippen LogP contribution is -2.51. The van der Waals surface area contributed by atoms with Crippen LogP contribution in [0.15, 0.2) is 29.6 Å². The molecule has 3 heterocycles. The van der Waals surface area contributed by atoms with Crippen molar-refractivity contribution in [3.63, 3.8) is 0 Å². The number of carbonyl (C=O) groups excluding carboxylic acids is 2. The highest BCUT2D eigenvalue weighted by atomic mass is 32.1. The van der Waals surface area contributed by atoms with Crippen molar-refractivity contribution >= 4 is 23.2 Å². The van der Waals surface area contributed by atoms with Crippen LogP contribution in [0.5, 0.6) is 11.5 Å². The Bertz CT molecular complexity index is 928. The fourth-order valence-electron chi connectivity index (χ4n) is 4.12. The third-order valence-electron chi connectivity index (χ3n) is 5.52. The number of hydrogen-bond acceptors (Lipinski definition) is 6. The van der Waals surface area contributed by atoms with E-state index in [0.717, 1.165) is 5.56 Å². The summed E-state index contributed by atoms with van der Waals surface area (Å²) in [5.74, 6) is 0.268. The van der Waals surface area contributed by atoms with Crippen molar-refractivity contribution in [3.8, 4) is 11.5 Å². The molecule has 0 bridgehead atoms. The zero-order valence-corrected chi connectivity index (χ0v) is 17.6. The number of benzene rings is 1. The molecule has 0 spiro atoms. The molecule has 1 amide bonds. The summed E-state index contributed by atoms with van der Waals surface area (Å²) < 4.78 is 29.9. The van der Waals surface area contributed by atoms with E-state index in [1.807, 2.05) is 0 Å². The van der Waals surface area contributed by atoms with Gasteiger partial charge in [0.05, 0.1) is 12.0 Å². The van der Waals surface area contributed by atoms with Gasteiger partial charge < -0.3 is 19.1 Å². The van der Waals surface area contributed by atoms with Gasteiger partial charge in [-0.25, -0.2) is 4.39 Å². The minimum Gasteiger partial charge on any atom is -0.485 e. The molecule has 2 aliphatic heterocycles. The van der Waals surface area contributed by atoms with Gasteiger partial charge in [0.2, 0.25) is 0 Å². The molecule has 1 fully saturated rings. The Balaban J connectivity index is 1.60. The van der Waals surface area contributed by atoms with E-state index in [1.165, 1.54) is 23.5 Å². The predicted octanol–water partition coefficient (Wildman–Crippen LogP) is 3.69. The maximum absolute atomic E-state index is 13.3. The zero-order chi connectivity index (χ0) is 21.1. The maximum atomic E-state index is 13.3. The molecule has 4 rings (SSSR count). The van der Waals surface area contributed by atoms with Gasteiger partial charge in [-0.1, -0.05) is 12.1 Å². The van der Waals surface area contributed by atoms with E-state index in [0.29, 0.717) is 55.4 Å². The van der Waals surface area contributed by atoms with Crippen LogP contribution in [0.4, 0.5) is 4.39 Å². The molecule has 0 saturated carbocycles. The Morgan fingerprint density at radius 1 is 1.23 bits per heavy atom. The first-order valence-corrected chi connectivity index (χ1v) is 11.0. The second kappa shape index (κ2) is 8.63. The van der Waals surface area contributed by atoms with Gasteiger partial charge in [-0.3, -0.25) is 9.59 Å². The van der Waals surface area contributed by atoms with Crippen molar-refractivity contribution in [1.29, 1.82) is 0 Å². The monoisotopic (exact) mass is 433 g/mol. The normalized spacial score (nSPS) is 20.7. The minimum atomic E-state index is -0.865. The molecule has 0 unspecified atom stereocenters. The summed E-state index contributed by atoms with van der Waals surface area (Å²) in [6.45, 7) is 3.70. The molecule has 2 aliphatic rings. The van der Waals surface area contributed by atoms with Crippen LogP contribution in [-0.2, 0) is 16.0 Å². The summed E-state index contributed by atoms with van der Waals surface area (Å²) in [4.78, 5) is 28.5. The van der Waals surface area contributed by atoms with Crippen molar-refractivity contribution < 1.29 is 28.2 Å². The van der Waals surface area contributed by atoms with Crippen LogP contribution in [0.3, 0.4) is 0 Å². The van der Waals surface area contributed by atoms with Crippen LogP contribution < -0.4 is 9.47 Å². The van der Waals surface area contributed by atoms with Crippen LogP contribution >= 0.6 is 11.3 Å². The number of likely N-dealkylation sites (tertiary alicyclic amines) is 1. The second-order valence-electron chi connectivity index (χ2n) is 7.59. The Morgan fingerprint density at radius 2 is 2.00 bits per heavy atom. The van der Waals surface area contributed by atoms with Gasteiger partial charge in [-0.15, -0.1) is 11.3 Å². The number of carbonyl (C=O) groups is 2. The Labute approximate surface area is 178 Å². The lowest BCUT2D eigenvalue weighted by atomic mass is 9.75. The van der Waals surface area contributed by atoms with Crippen molar-refractivity contribution in [3.05, 3.63) is 45.9 Å². The van der Waals surface area contributed by atoms with E-state index in [1.54, 1.807) is 29.3 Å². The number of rotatable bonds is 5. The molecule has 0 N–H and O–H groups in total. The van der Waals surface area contributed by atoms with E-state index < -0.39 is 5.41 Å². The lowest BCUT2D eigenvalue weighted by molar-refractivity contribution is -0.158. The van der Waals surface area contributed by atoms with E-state index in [9.17, 15) is 14.0 Å². The predicted molar refractivity (Wildman–Crippen MR) is 110 cm³/mol. The second-order valence-corrected chi connectivity index (χ2v) is 8.47. The van der Waals surface area contributed by atoms with Crippen LogP contribution in [0, 0.1) is 11.2 Å². The first-order valence-electron chi connectivity index (χ1n) is 10.1. The molecule has 1 saturated heterocycles. The van der Waals surface area contributed by atoms with Crippen LogP contribution in [0.1, 0.15) is 35.0 Å². The maximum Gasteiger partial charge on any atom is 0.314 e. The topological polar surface area (TPSA) is 65.1 Å². The van der Waals surface area contributed by atoms with Gasteiger partial charge in [0, 0.05) is 18.5 Å². The smallest absolute Gasteiger partial charge is 0.314 e. The van der Waals surface area contributed by atoms with Gasteiger partial charge in [0.1, 0.15) is 23.9 Å². The quantitative estimate of drug-likeness (QED) is 0.673. The Hall–Kier alpha value is -2.61. The third-order valence-corrected chi connectivity index (χ3v) is 6.45. The Morgan fingerprint density at radius 3 is 2.77 bits per heavy atom. The van der Waals surface area contributed by atoms with Crippen LogP contribution in [-0.4, -0.2) is 49.7 Å². The van der Waals surface area contributed by atoms with Gasteiger partial charge in [0.25, 0.3) is 5.91 Å². The number of thiophene rings is 1. The molecule has 1 atom stereocenters. The average Bonchev–Trinajstić information content (AvgIpc) is 3.19. The standard InChI is InChI=1S/C22H24FNO5S/c1-2-27-21(26)22(12-15-4-6-16(23)7-5-15)8-3-9-24(14-22)20(25)19-18-17(13-30-19)28-10-11-29-18/h4-7,13H,2-3,8-12,14H2,1H3/t22-/m1/s1. The average molecular weight is 434 g/mol. The summed E-state index contributed by atoms with van der Waals surface area (Å²) >= 11 is 1.29. The van der Waals surface area contributed by atoms with E-state index in [4.69, 9.17) is 14.2 Å². The summed E-state index contributed by atoms with van der Waals surface area (Å²) in [6, 6.07) is 6.13. The molecule has 2 aromatic rings. The molecular formula is C22H24FNO5S. The van der Waals surface area contributed by atoms with Crippen LogP contribution in [0.25, 0.3) is 0 Å². The molecule has 1 aromatic carbocycles. The summed E-state index contributed by atoms with van der Waals surface area (Å²) in [6.07, 6.45) is 1.67. The number of amides is 1. The fraction of sp³-hybridized carbons (Fsp3) is 0.455. The van der Waals surface area contributed by atoms with Gasteiger partial charge >= 0.3 is 5.97 Å². The number of nitrogens with zero attached hydrogens (tertiary/aromatic N) is 1. The highest BCUT2D eigenvalue weighted by Crippen LogP contribution is 2.42. The van der Waals surface area contributed by atoms with Crippen molar-refractivity contribution in [2.45, 2.75) is 26.2 Å². The molecule has 6 nitrogen and oxygen atoms in total. The molecule has 160 valence electrons. The van der Waals surface area contributed by atoms with Crippen molar-refractivity contribution in [2.24, 2.45) is 5.41 Å². The van der Waals surface area contributed by atoms with Crippen LogP contribution in [0.2, 0.25) is 0 Å². The molecular weight excluding hydrogens is 409 g/mol. The van der Waals surface area contributed by atoms with E-state index >= 15 is 0 Å². The van der Waals surface area contributed by atoms with Crippen molar-refractivity contribution in [2.75, 3.05) is 32.9 Å². The number of fused-ring (bicyclic) bond motifs is 1. The van der Waals surface area contributed by atoms with Crippen molar-refractivity contribution in [1.82, 2.24) is 4.90 Å². The number of esters is 1. The first kappa shape index (κ1) is 20.7. The molecule has 8 heteroatoms. The highest BCUT2D eigenvalue weighted by molar-refractivity contribution is 7.12. The summed E-state index contributed by atoms with van der Waals surface area (Å²) in [7, 11) is 0. The Kier molecular flexibility index (Phi) is 5.94. The first-order chi connectivity index (χ1) is 14.5. The third kappa shape index (κ3) is 4.01. The van der Waals surface area contributed by atoms with Gasteiger partial charge in [0.15, 0.2) is 11.5 Å². The number of ether oxygens (including phenoxy) is 3. The van der Waals surface area contributed by atoms with E-state index in [-0.39, 0.29) is 30.8 Å². The zero-order valence-electron chi connectivity index (χ0n) is 16.8. The largest absolute Gasteiger partial charge is 0.485 e. The molecule has 0 aliphatic carbocycles. The minimum absolute atomic E-state index is 0.167. The van der Waals surface area contributed by atoms with Gasteiger partial charge in [-0.05, 0) is 43.9 Å². The van der Waals surface area contributed by atoms with E-state index in [2.05, 4.69) is 0 Å².